The quantitative estimate of drug-likeness (QED) is 0.419. The Labute approximate surface area is 159 Å². The fraction of sp³-hybridized carbons (Fsp3) is 0. The van der Waals surface area contributed by atoms with Crippen molar-refractivity contribution in [2.45, 2.75) is 0 Å². The number of aromatic hydroxyl groups is 1. The maximum absolute atomic E-state index is 10.8. The number of hydrogen-bond donors (Lipinski definition) is 1. The molecule has 0 saturated carbocycles. The van der Waals surface area contributed by atoms with Crippen LogP contribution in [0.25, 0.3) is 39.5 Å². The minimum atomic E-state index is 0.238. The highest BCUT2D eigenvalue weighted by Crippen LogP contribution is 2.45. The van der Waals surface area contributed by atoms with E-state index in [0.717, 1.165) is 38.9 Å². The van der Waals surface area contributed by atoms with E-state index in [2.05, 4.69) is 43.0 Å². The molecule has 1 heteroatoms. The van der Waals surface area contributed by atoms with E-state index in [1.807, 2.05) is 60.7 Å². The number of rotatable bonds is 4. The van der Waals surface area contributed by atoms with Crippen LogP contribution >= 0.6 is 0 Å². The van der Waals surface area contributed by atoms with E-state index in [4.69, 9.17) is 0 Å². The second kappa shape index (κ2) is 7.35. The largest absolute Gasteiger partial charge is 0.507 e. The van der Waals surface area contributed by atoms with Gasteiger partial charge in [-0.3, -0.25) is 0 Å². The lowest BCUT2D eigenvalue weighted by atomic mass is 9.84. The summed E-state index contributed by atoms with van der Waals surface area (Å²) in [6, 6.07) is 32.5. The predicted molar refractivity (Wildman–Crippen MR) is 115 cm³/mol. The van der Waals surface area contributed by atoms with Gasteiger partial charge in [-0.25, -0.2) is 0 Å². The summed E-state index contributed by atoms with van der Waals surface area (Å²) in [6.07, 6.45) is 1.74. The molecule has 0 amide bonds. The van der Waals surface area contributed by atoms with Crippen molar-refractivity contribution in [2.75, 3.05) is 0 Å². The van der Waals surface area contributed by atoms with E-state index in [-0.39, 0.29) is 5.75 Å². The van der Waals surface area contributed by atoms with Gasteiger partial charge in [0.15, 0.2) is 0 Å². The topological polar surface area (TPSA) is 20.2 Å². The molecule has 4 rings (SSSR count). The van der Waals surface area contributed by atoms with Crippen molar-refractivity contribution in [3.63, 3.8) is 0 Å². The Morgan fingerprint density at radius 1 is 0.593 bits per heavy atom. The highest BCUT2D eigenvalue weighted by Gasteiger charge is 2.19. The summed E-state index contributed by atoms with van der Waals surface area (Å²) >= 11 is 0. The lowest BCUT2D eigenvalue weighted by Crippen LogP contribution is -1.94. The van der Waals surface area contributed by atoms with Gasteiger partial charge in [-0.1, -0.05) is 104 Å². The molecule has 4 aromatic rings. The third kappa shape index (κ3) is 3.16. The van der Waals surface area contributed by atoms with Crippen LogP contribution in [0.2, 0.25) is 0 Å². The third-order valence-corrected chi connectivity index (χ3v) is 4.76. The highest BCUT2D eigenvalue weighted by atomic mass is 16.3. The first-order valence-corrected chi connectivity index (χ1v) is 8.98. The van der Waals surface area contributed by atoms with Crippen LogP contribution in [-0.4, -0.2) is 5.11 Å². The van der Waals surface area contributed by atoms with Crippen LogP contribution in [0.3, 0.4) is 0 Å². The van der Waals surface area contributed by atoms with E-state index >= 15 is 0 Å². The van der Waals surface area contributed by atoms with Gasteiger partial charge in [0.05, 0.1) is 0 Å². The standard InChI is InChI=1S/C26H20O/c1-2-22-24(27)18-23(19-12-6-3-7-13-19)26(21-16-10-5-11-17-21)25(22)20-14-8-4-9-15-20/h2-18,27H,1H2. The molecule has 0 aliphatic rings. The first kappa shape index (κ1) is 16.9. The van der Waals surface area contributed by atoms with Crippen molar-refractivity contribution >= 4 is 6.08 Å². The van der Waals surface area contributed by atoms with Crippen LogP contribution in [0, 0.1) is 0 Å². The average molecular weight is 348 g/mol. The molecule has 4 aromatic carbocycles. The second-order valence-corrected chi connectivity index (χ2v) is 6.41. The normalized spacial score (nSPS) is 10.5. The van der Waals surface area contributed by atoms with Crippen LogP contribution in [-0.2, 0) is 0 Å². The molecule has 0 heterocycles. The van der Waals surface area contributed by atoms with Gasteiger partial charge in [-0.2, -0.15) is 0 Å². The van der Waals surface area contributed by atoms with Crippen LogP contribution in [0.5, 0.6) is 5.75 Å². The predicted octanol–water partition coefficient (Wildman–Crippen LogP) is 7.04. The molecule has 0 atom stereocenters. The number of phenolic OH excluding ortho intramolecular Hbond substituents is 1. The zero-order chi connectivity index (χ0) is 18.6. The average Bonchev–Trinajstić information content (AvgIpc) is 2.75. The van der Waals surface area contributed by atoms with Crippen molar-refractivity contribution in [1.29, 1.82) is 0 Å². The molecule has 0 saturated heterocycles. The van der Waals surface area contributed by atoms with Gasteiger partial charge < -0.3 is 5.11 Å². The second-order valence-electron chi connectivity index (χ2n) is 6.41. The van der Waals surface area contributed by atoms with E-state index < -0.39 is 0 Å². The van der Waals surface area contributed by atoms with E-state index in [1.54, 1.807) is 6.08 Å². The molecule has 1 nitrogen and oxygen atoms in total. The zero-order valence-corrected chi connectivity index (χ0v) is 15.0. The lowest BCUT2D eigenvalue weighted by Gasteiger charge is -2.20. The molecule has 27 heavy (non-hydrogen) atoms. The summed E-state index contributed by atoms with van der Waals surface area (Å²) in [7, 11) is 0. The third-order valence-electron chi connectivity index (χ3n) is 4.76. The molecular weight excluding hydrogens is 328 g/mol. The number of phenols is 1. The molecule has 0 aliphatic heterocycles. The fourth-order valence-electron chi connectivity index (χ4n) is 3.55. The van der Waals surface area contributed by atoms with E-state index in [1.165, 1.54) is 0 Å². The van der Waals surface area contributed by atoms with Crippen LogP contribution in [0.4, 0.5) is 0 Å². The van der Waals surface area contributed by atoms with Crippen molar-refractivity contribution in [2.24, 2.45) is 0 Å². The highest BCUT2D eigenvalue weighted by molar-refractivity contribution is 5.99. The molecule has 0 spiro atoms. The van der Waals surface area contributed by atoms with Crippen molar-refractivity contribution in [1.82, 2.24) is 0 Å². The van der Waals surface area contributed by atoms with Crippen molar-refractivity contribution < 1.29 is 5.11 Å². The summed E-state index contributed by atoms with van der Waals surface area (Å²) in [5, 5.41) is 10.8. The SMILES string of the molecule is C=Cc1c(O)cc(-c2ccccc2)c(-c2ccccc2)c1-c1ccccc1. The fourth-order valence-corrected chi connectivity index (χ4v) is 3.55. The van der Waals surface area contributed by atoms with Gasteiger partial charge >= 0.3 is 0 Å². The van der Waals surface area contributed by atoms with E-state index in [9.17, 15) is 5.11 Å². The summed E-state index contributed by atoms with van der Waals surface area (Å²) in [5.74, 6) is 0.238. The monoisotopic (exact) mass is 348 g/mol. The van der Waals surface area contributed by atoms with Gasteiger partial charge in [-0.05, 0) is 33.9 Å². The maximum Gasteiger partial charge on any atom is 0.124 e. The van der Waals surface area contributed by atoms with Crippen molar-refractivity contribution in [3.8, 4) is 39.1 Å². The smallest absolute Gasteiger partial charge is 0.124 e. The minimum Gasteiger partial charge on any atom is -0.507 e. The Morgan fingerprint density at radius 3 is 1.52 bits per heavy atom. The van der Waals surface area contributed by atoms with Gasteiger partial charge in [0.25, 0.3) is 0 Å². The van der Waals surface area contributed by atoms with Gasteiger partial charge in [0.2, 0.25) is 0 Å². The first-order chi connectivity index (χ1) is 13.3. The van der Waals surface area contributed by atoms with Gasteiger partial charge in [-0.15, -0.1) is 0 Å². The van der Waals surface area contributed by atoms with Gasteiger partial charge in [0.1, 0.15) is 5.75 Å². The maximum atomic E-state index is 10.8. The molecular formula is C26H20O. The molecule has 0 fully saturated rings. The lowest BCUT2D eigenvalue weighted by molar-refractivity contribution is 0.474. The summed E-state index contributed by atoms with van der Waals surface area (Å²) < 4.78 is 0. The van der Waals surface area contributed by atoms with Crippen LogP contribution in [0.1, 0.15) is 5.56 Å². The van der Waals surface area contributed by atoms with E-state index in [0.29, 0.717) is 0 Å². The Bertz CT molecular complexity index is 1070. The molecule has 0 aromatic heterocycles. The first-order valence-electron chi connectivity index (χ1n) is 8.98. The number of benzene rings is 4. The number of hydrogen-bond acceptors (Lipinski definition) is 1. The molecule has 0 bridgehead atoms. The van der Waals surface area contributed by atoms with Crippen molar-refractivity contribution in [3.05, 3.63) is 109 Å². The molecule has 0 radical (unpaired) electrons. The summed E-state index contributed by atoms with van der Waals surface area (Å²) in [5.41, 5.74) is 7.08. The Morgan fingerprint density at radius 2 is 1.04 bits per heavy atom. The minimum absolute atomic E-state index is 0.238. The molecule has 0 aliphatic carbocycles. The molecule has 1 N–H and O–H groups in total. The summed E-state index contributed by atoms with van der Waals surface area (Å²) in [6.45, 7) is 3.96. The van der Waals surface area contributed by atoms with Crippen LogP contribution in [0.15, 0.2) is 104 Å². The zero-order valence-electron chi connectivity index (χ0n) is 15.0. The van der Waals surface area contributed by atoms with Gasteiger partial charge in [0, 0.05) is 11.1 Å². The summed E-state index contributed by atoms with van der Waals surface area (Å²) in [4.78, 5) is 0. The molecule has 130 valence electrons. The Balaban J connectivity index is 2.16. The van der Waals surface area contributed by atoms with Crippen LogP contribution < -0.4 is 0 Å². The Hall–Kier alpha value is -3.58. The Kier molecular flexibility index (Phi) is 4.59. The molecule has 0 unspecified atom stereocenters.